The van der Waals surface area contributed by atoms with Gasteiger partial charge in [0.25, 0.3) is 0 Å². The molecule has 4 aromatic rings. The van der Waals surface area contributed by atoms with Crippen molar-refractivity contribution in [3.8, 4) is 11.1 Å². The van der Waals surface area contributed by atoms with Crippen LogP contribution in [0.2, 0.25) is 0 Å². The number of hydrogen-bond acceptors (Lipinski definition) is 1. The first-order valence-electron chi connectivity index (χ1n) is 6.58. The lowest BCUT2D eigenvalue weighted by Gasteiger charge is -2.03. The average molecular weight is 280 g/mol. The van der Waals surface area contributed by atoms with E-state index in [1.807, 2.05) is 36.4 Å². The molecular formula is C18H10F2O. The van der Waals surface area contributed by atoms with E-state index in [-0.39, 0.29) is 0 Å². The summed E-state index contributed by atoms with van der Waals surface area (Å²) >= 11 is 0. The summed E-state index contributed by atoms with van der Waals surface area (Å²) in [6.45, 7) is 0. The number of halogens is 2. The van der Waals surface area contributed by atoms with E-state index in [2.05, 4.69) is 0 Å². The molecule has 0 atom stereocenters. The van der Waals surface area contributed by atoms with Crippen molar-refractivity contribution >= 4 is 21.7 Å². The molecule has 3 heteroatoms. The fourth-order valence-corrected chi connectivity index (χ4v) is 2.68. The van der Waals surface area contributed by atoms with E-state index in [1.54, 1.807) is 12.3 Å². The first-order valence-corrected chi connectivity index (χ1v) is 6.58. The Hall–Kier alpha value is -2.68. The molecule has 0 saturated carbocycles. The fourth-order valence-electron chi connectivity index (χ4n) is 2.68. The third-order valence-corrected chi connectivity index (χ3v) is 3.69. The Kier molecular flexibility index (Phi) is 2.54. The summed E-state index contributed by atoms with van der Waals surface area (Å²) in [4.78, 5) is 0. The van der Waals surface area contributed by atoms with E-state index in [9.17, 15) is 8.78 Å². The van der Waals surface area contributed by atoms with Crippen LogP contribution in [0.1, 0.15) is 0 Å². The van der Waals surface area contributed by atoms with Gasteiger partial charge in [0.15, 0.2) is 11.6 Å². The molecule has 1 nitrogen and oxygen atoms in total. The molecule has 0 amide bonds. The molecule has 0 spiro atoms. The monoisotopic (exact) mass is 280 g/mol. The summed E-state index contributed by atoms with van der Waals surface area (Å²) in [5.41, 5.74) is 2.10. The third-order valence-electron chi connectivity index (χ3n) is 3.69. The van der Waals surface area contributed by atoms with Gasteiger partial charge >= 0.3 is 0 Å². The van der Waals surface area contributed by atoms with Gasteiger partial charge in [-0.2, -0.15) is 0 Å². The van der Waals surface area contributed by atoms with E-state index in [0.29, 0.717) is 5.56 Å². The van der Waals surface area contributed by atoms with Crippen LogP contribution >= 0.6 is 0 Å². The van der Waals surface area contributed by atoms with Gasteiger partial charge < -0.3 is 4.42 Å². The van der Waals surface area contributed by atoms with Crippen molar-refractivity contribution in [1.82, 2.24) is 0 Å². The summed E-state index contributed by atoms with van der Waals surface area (Å²) in [5.74, 6) is -1.71. The minimum atomic E-state index is -0.859. The van der Waals surface area contributed by atoms with Gasteiger partial charge in [0, 0.05) is 10.9 Å². The first-order chi connectivity index (χ1) is 10.2. The molecule has 0 aliphatic heterocycles. The van der Waals surface area contributed by atoms with Crippen LogP contribution in [0, 0.1) is 11.6 Å². The highest BCUT2D eigenvalue weighted by Crippen LogP contribution is 2.36. The van der Waals surface area contributed by atoms with E-state index < -0.39 is 11.6 Å². The van der Waals surface area contributed by atoms with Crippen LogP contribution in [0.4, 0.5) is 8.78 Å². The maximum absolute atomic E-state index is 13.5. The van der Waals surface area contributed by atoms with E-state index >= 15 is 0 Å². The van der Waals surface area contributed by atoms with Gasteiger partial charge in [-0.3, -0.25) is 0 Å². The second kappa shape index (κ2) is 4.42. The zero-order valence-corrected chi connectivity index (χ0v) is 10.9. The van der Waals surface area contributed by atoms with Crippen LogP contribution < -0.4 is 0 Å². The van der Waals surface area contributed by atoms with Gasteiger partial charge in [-0.15, -0.1) is 0 Å². The Morgan fingerprint density at radius 1 is 0.810 bits per heavy atom. The van der Waals surface area contributed by atoms with Crippen LogP contribution in [0.15, 0.2) is 65.3 Å². The Balaban J connectivity index is 2.09. The van der Waals surface area contributed by atoms with Crippen molar-refractivity contribution in [3.63, 3.8) is 0 Å². The highest BCUT2D eigenvalue weighted by Gasteiger charge is 2.13. The average Bonchev–Trinajstić information content (AvgIpc) is 2.94. The molecule has 3 aromatic carbocycles. The second-order valence-electron chi connectivity index (χ2n) is 4.94. The van der Waals surface area contributed by atoms with Crippen molar-refractivity contribution in [3.05, 3.63) is 72.5 Å². The van der Waals surface area contributed by atoms with Crippen LogP contribution in [-0.4, -0.2) is 0 Å². The molecular weight excluding hydrogens is 270 g/mol. The molecule has 102 valence electrons. The van der Waals surface area contributed by atoms with Crippen molar-refractivity contribution in [2.45, 2.75) is 0 Å². The lowest BCUT2D eigenvalue weighted by Crippen LogP contribution is -1.85. The first kappa shape index (κ1) is 12.1. The summed E-state index contributed by atoms with van der Waals surface area (Å²) in [5, 5.41) is 3.03. The molecule has 0 saturated heterocycles. The molecule has 1 aromatic heterocycles. The largest absolute Gasteiger partial charge is 0.464 e. The highest BCUT2D eigenvalue weighted by molar-refractivity contribution is 6.12. The van der Waals surface area contributed by atoms with Gasteiger partial charge in [-0.05, 0) is 34.5 Å². The number of benzene rings is 3. The van der Waals surface area contributed by atoms with Crippen molar-refractivity contribution in [2.75, 3.05) is 0 Å². The molecule has 0 aliphatic rings. The summed E-state index contributed by atoms with van der Waals surface area (Å²) in [6, 6.07) is 15.7. The fraction of sp³-hybridized carbons (Fsp3) is 0. The highest BCUT2D eigenvalue weighted by atomic mass is 19.2. The standard InChI is InChI=1S/C18H10F2O/c19-15-7-5-12(9-16(15)20)14-10-21-17-8-6-11-3-1-2-4-13(11)18(14)17/h1-10H. The van der Waals surface area contributed by atoms with E-state index in [0.717, 1.165) is 33.4 Å². The zero-order chi connectivity index (χ0) is 14.4. The molecule has 1 heterocycles. The maximum atomic E-state index is 13.5. The lowest BCUT2D eigenvalue weighted by molar-refractivity contribution is 0.509. The van der Waals surface area contributed by atoms with Crippen LogP contribution in [0.25, 0.3) is 32.9 Å². The maximum Gasteiger partial charge on any atom is 0.159 e. The Morgan fingerprint density at radius 3 is 2.52 bits per heavy atom. The smallest absolute Gasteiger partial charge is 0.159 e. The van der Waals surface area contributed by atoms with E-state index in [4.69, 9.17) is 4.42 Å². The predicted molar refractivity (Wildman–Crippen MR) is 79.1 cm³/mol. The number of fused-ring (bicyclic) bond motifs is 3. The van der Waals surface area contributed by atoms with Gasteiger partial charge in [0.2, 0.25) is 0 Å². The zero-order valence-electron chi connectivity index (χ0n) is 10.9. The van der Waals surface area contributed by atoms with Gasteiger partial charge in [0.05, 0.1) is 6.26 Å². The normalized spacial score (nSPS) is 11.3. The van der Waals surface area contributed by atoms with Gasteiger partial charge in [-0.25, -0.2) is 8.78 Å². The van der Waals surface area contributed by atoms with Crippen molar-refractivity contribution in [1.29, 1.82) is 0 Å². The van der Waals surface area contributed by atoms with Crippen LogP contribution in [0.5, 0.6) is 0 Å². The minimum absolute atomic E-state index is 0.601. The molecule has 21 heavy (non-hydrogen) atoms. The van der Waals surface area contributed by atoms with Gasteiger partial charge in [0.1, 0.15) is 5.58 Å². The van der Waals surface area contributed by atoms with Crippen molar-refractivity contribution in [2.24, 2.45) is 0 Å². The van der Waals surface area contributed by atoms with Crippen molar-refractivity contribution < 1.29 is 13.2 Å². The minimum Gasteiger partial charge on any atom is -0.464 e. The lowest BCUT2D eigenvalue weighted by atomic mass is 9.99. The Labute approximate surface area is 119 Å². The molecule has 0 unspecified atom stereocenters. The summed E-state index contributed by atoms with van der Waals surface area (Å²) in [6.07, 6.45) is 1.59. The van der Waals surface area contributed by atoms with Crippen LogP contribution in [-0.2, 0) is 0 Å². The summed E-state index contributed by atoms with van der Waals surface area (Å²) < 4.78 is 32.2. The third kappa shape index (κ3) is 1.82. The molecule has 0 bridgehead atoms. The SMILES string of the molecule is Fc1ccc(-c2coc3ccc4ccccc4c23)cc1F. The molecule has 0 aliphatic carbocycles. The van der Waals surface area contributed by atoms with E-state index in [1.165, 1.54) is 6.07 Å². The number of hydrogen-bond donors (Lipinski definition) is 0. The van der Waals surface area contributed by atoms with Gasteiger partial charge in [-0.1, -0.05) is 36.4 Å². The topological polar surface area (TPSA) is 13.1 Å². The quantitative estimate of drug-likeness (QED) is 0.446. The van der Waals surface area contributed by atoms with Crippen LogP contribution in [0.3, 0.4) is 0 Å². The summed E-state index contributed by atoms with van der Waals surface area (Å²) in [7, 11) is 0. The number of furan rings is 1. The molecule has 4 rings (SSSR count). The number of rotatable bonds is 1. The molecule has 0 radical (unpaired) electrons. The Bertz CT molecular complexity index is 969. The molecule has 0 N–H and O–H groups in total. The second-order valence-corrected chi connectivity index (χ2v) is 4.94. The molecule has 0 fully saturated rings. The predicted octanol–water partition coefficient (Wildman–Crippen LogP) is 5.53. The Morgan fingerprint density at radius 2 is 1.67 bits per heavy atom.